The molecule has 132 valence electrons. The molecule has 0 aliphatic carbocycles. The third-order valence-corrected chi connectivity index (χ3v) is 5.97. The highest BCUT2D eigenvalue weighted by atomic mass is 79.9. The van der Waals surface area contributed by atoms with E-state index >= 15 is 0 Å². The Balaban J connectivity index is 0.00000225. The van der Waals surface area contributed by atoms with E-state index in [4.69, 9.17) is 4.74 Å². The second-order valence-electron chi connectivity index (χ2n) is 5.15. The van der Waals surface area contributed by atoms with Gasteiger partial charge in [0.2, 0.25) is 5.69 Å². The summed E-state index contributed by atoms with van der Waals surface area (Å²) >= 11 is 2.80. The lowest BCUT2D eigenvalue weighted by Gasteiger charge is -2.01. The van der Waals surface area contributed by atoms with E-state index in [1.165, 1.54) is 29.6 Å². The van der Waals surface area contributed by atoms with Crippen molar-refractivity contribution in [1.82, 2.24) is 0 Å². The number of hydrogen-bond donors (Lipinski definition) is 1. The lowest BCUT2D eigenvalue weighted by molar-refractivity contribution is -0.521. The van der Waals surface area contributed by atoms with Crippen molar-refractivity contribution in [3.8, 4) is 11.6 Å². The number of carbonyl (C=O) groups excluding carboxylic acids is 1. The molecule has 3 rings (SSSR count). The summed E-state index contributed by atoms with van der Waals surface area (Å²) in [6.45, 7) is 5.93. The molecule has 25 heavy (non-hydrogen) atoms. The van der Waals surface area contributed by atoms with E-state index in [0.29, 0.717) is 16.4 Å². The number of nitrogens with zero attached hydrogens (tertiary/aromatic N) is 2. The number of carbonyl (C=O) groups is 1. The number of thiazole rings is 2. The quantitative estimate of drug-likeness (QED) is 0.364. The summed E-state index contributed by atoms with van der Waals surface area (Å²) in [5, 5.41) is 10.4. The molecule has 0 unspecified atom stereocenters. The first-order valence-corrected chi connectivity index (χ1v) is 9.09. The minimum Gasteiger partial charge on any atom is -1.00 e. The summed E-state index contributed by atoms with van der Waals surface area (Å²) in [6.07, 6.45) is 1.64. The summed E-state index contributed by atoms with van der Waals surface area (Å²) in [6, 6.07) is 7.45. The largest absolute Gasteiger partial charge is 1.00 e. The van der Waals surface area contributed by atoms with Crippen LogP contribution in [0.15, 0.2) is 29.3 Å². The summed E-state index contributed by atoms with van der Waals surface area (Å²) in [5.74, 6) is 0.933. The van der Waals surface area contributed by atoms with Crippen molar-refractivity contribution >= 4 is 44.5 Å². The van der Waals surface area contributed by atoms with Crippen molar-refractivity contribution in [2.24, 2.45) is 4.99 Å². The molecule has 0 radical (unpaired) electrons. The molecule has 0 amide bonds. The number of fused-ring (bicyclic) bond motifs is 1. The molecule has 8 heteroatoms. The number of halogens is 1. The predicted octanol–water partition coefficient (Wildman–Crippen LogP) is 0.918. The normalized spacial score (nSPS) is 11.0. The lowest BCUT2D eigenvalue weighted by atomic mass is 10.3. The highest BCUT2D eigenvalue weighted by Gasteiger charge is 2.28. The summed E-state index contributed by atoms with van der Waals surface area (Å²) in [7, 11) is 0. The average Bonchev–Trinajstić information content (AvgIpc) is 3.04. The zero-order valence-corrected chi connectivity index (χ0v) is 17.2. The van der Waals surface area contributed by atoms with Crippen molar-refractivity contribution in [2.75, 3.05) is 6.61 Å². The molecular formula is C17H17BrN2O3S2. The van der Waals surface area contributed by atoms with E-state index in [1.807, 2.05) is 38.1 Å². The first kappa shape index (κ1) is 19.6. The summed E-state index contributed by atoms with van der Waals surface area (Å²) < 4.78 is 7.96. The second kappa shape index (κ2) is 8.07. The molecular weight excluding hydrogens is 424 g/mol. The number of aromatic nitrogens is 1. The zero-order valence-electron chi connectivity index (χ0n) is 13.9. The molecule has 0 atom stereocenters. The Kier molecular flexibility index (Phi) is 6.31. The van der Waals surface area contributed by atoms with E-state index in [9.17, 15) is 9.90 Å². The van der Waals surface area contributed by atoms with Gasteiger partial charge in [0, 0.05) is 13.8 Å². The van der Waals surface area contributed by atoms with Gasteiger partial charge in [-0.25, -0.2) is 0 Å². The molecule has 0 spiro atoms. The van der Waals surface area contributed by atoms with Crippen LogP contribution in [0, 0.1) is 6.92 Å². The fourth-order valence-corrected chi connectivity index (χ4v) is 4.69. The minimum atomic E-state index is 0. The third kappa shape index (κ3) is 3.91. The number of Topliss-reactive ketones (excluding diaryl/α,β-unsaturated/α-hetero) is 1. The maximum Gasteiger partial charge on any atom is 0.392 e. The van der Waals surface area contributed by atoms with Crippen molar-refractivity contribution in [1.29, 1.82) is 0 Å². The molecule has 3 aromatic rings. The molecule has 0 aliphatic heterocycles. The van der Waals surface area contributed by atoms with Crippen molar-refractivity contribution in [2.45, 2.75) is 20.8 Å². The molecule has 1 aromatic carbocycles. The Labute approximate surface area is 164 Å². The second-order valence-corrected chi connectivity index (χ2v) is 7.44. The third-order valence-electron chi connectivity index (χ3n) is 3.46. The van der Waals surface area contributed by atoms with Gasteiger partial charge in [-0.15, -0.1) is 4.40 Å². The molecule has 5 nitrogen and oxygen atoms in total. The van der Waals surface area contributed by atoms with Crippen LogP contribution in [-0.2, 0) is 0 Å². The van der Waals surface area contributed by atoms with Crippen LogP contribution < -0.4 is 26.1 Å². The Morgan fingerprint density at radius 1 is 1.32 bits per heavy atom. The van der Waals surface area contributed by atoms with Crippen LogP contribution in [0.2, 0.25) is 0 Å². The van der Waals surface area contributed by atoms with Gasteiger partial charge in [0.15, 0.2) is 10.7 Å². The van der Waals surface area contributed by atoms with Crippen LogP contribution in [0.3, 0.4) is 0 Å². The number of ketones is 1. The van der Waals surface area contributed by atoms with Gasteiger partial charge in [0.25, 0.3) is 0 Å². The molecule has 1 N–H and O–H groups in total. The molecule has 2 heterocycles. The first-order chi connectivity index (χ1) is 11.5. The van der Waals surface area contributed by atoms with Gasteiger partial charge < -0.3 is 26.8 Å². The Hall–Kier alpha value is -1.77. The Morgan fingerprint density at radius 3 is 2.56 bits per heavy atom. The monoisotopic (exact) mass is 440 g/mol. The van der Waals surface area contributed by atoms with Gasteiger partial charge in [-0.2, -0.15) is 0 Å². The maximum absolute atomic E-state index is 11.6. The highest BCUT2D eigenvalue weighted by Crippen LogP contribution is 2.30. The molecule has 2 aromatic heterocycles. The van der Waals surface area contributed by atoms with E-state index in [1.54, 1.807) is 10.6 Å². The van der Waals surface area contributed by atoms with Crippen LogP contribution in [0.5, 0.6) is 11.6 Å². The smallest absolute Gasteiger partial charge is 0.392 e. The molecule has 0 fully saturated rings. The standard InChI is InChI=1S/C17H16N2O3S2.BrH/c1-4-22-13-7-5-12(6-8-13)18-9-14-16(21)19-10(2)15(11(3)20)24-17(19)23-14;/h5-9H,4H2,1-3H3;1H. The summed E-state index contributed by atoms with van der Waals surface area (Å²) in [4.78, 5) is 17.3. The minimum absolute atomic E-state index is 0. The predicted molar refractivity (Wildman–Crippen MR) is 96.6 cm³/mol. The van der Waals surface area contributed by atoms with E-state index in [2.05, 4.69) is 4.99 Å². The lowest BCUT2D eigenvalue weighted by Crippen LogP contribution is -3.00. The molecule has 0 saturated heterocycles. The van der Waals surface area contributed by atoms with Crippen molar-refractivity contribution in [3.05, 3.63) is 39.7 Å². The van der Waals surface area contributed by atoms with Crippen LogP contribution >= 0.6 is 22.7 Å². The number of aliphatic imine (C=N–C) groups is 1. The van der Waals surface area contributed by atoms with Crippen LogP contribution in [0.4, 0.5) is 5.69 Å². The number of ether oxygens (including phenoxy) is 1. The van der Waals surface area contributed by atoms with Crippen molar-refractivity contribution in [3.63, 3.8) is 0 Å². The van der Waals surface area contributed by atoms with E-state index in [0.717, 1.165) is 21.3 Å². The summed E-state index contributed by atoms with van der Waals surface area (Å²) in [5.41, 5.74) is 1.54. The van der Waals surface area contributed by atoms with Gasteiger partial charge in [-0.3, -0.25) is 9.79 Å². The average molecular weight is 441 g/mol. The fraction of sp³-hybridized carbons (Fsp3) is 0.235. The maximum atomic E-state index is 11.6. The number of aromatic hydroxyl groups is 1. The van der Waals surface area contributed by atoms with E-state index < -0.39 is 0 Å². The van der Waals surface area contributed by atoms with Gasteiger partial charge >= 0.3 is 10.0 Å². The van der Waals surface area contributed by atoms with E-state index in [-0.39, 0.29) is 28.6 Å². The molecule has 0 bridgehead atoms. The van der Waals surface area contributed by atoms with Gasteiger partial charge in [0.1, 0.15) is 10.6 Å². The molecule has 0 aliphatic rings. The SMILES string of the molecule is CCOc1ccc(N=Cc2sc3sc(C(C)=O)c(C)[n+]3c2O)cc1.[Br-]. The van der Waals surface area contributed by atoms with Crippen LogP contribution in [-0.4, -0.2) is 23.7 Å². The fourth-order valence-electron chi connectivity index (χ4n) is 2.35. The molecule has 0 saturated carbocycles. The van der Waals surface area contributed by atoms with Gasteiger partial charge in [0.05, 0.1) is 18.5 Å². The van der Waals surface area contributed by atoms with Crippen LogP contribution in [0.25, 0.3) is 4.14 Å². The number of aryl methyl sites for hydroxylation is 1. The Morgan fingerprint density at radius 2 is 2.00 bits per heavy atom. The number of rotatable bonds is 5. The first-order valence-electron chi connectivity index (χ1n) is 7.46. The number of hydrogen-bond acceptors (Lipinski definition) is 6. The Bertz CT molecular complexity index is 930. The van der Waals surface area contributed by atoms with Gasteiger partial charge in [-0.1, -0.05) is 0 Å². The van der Waals surface area contributed by atoms with Gasteiger partial charge in [-0.05, 0) is 53.9 Å². The zero-order chi connectivity index (χ0) is 17.3. The number of benzene rings is 1. The topological polar surface area (TPSA) is 63.0 Å². The highest BCUT2D eigenvalue weighted by molar-refractivity contribution is 7.37. The van der Waals surface area contributed by atoms with Crippen molar-refractivity contribution < 1.29 is 36.0 Å². The van der Waals surface area contributed by atoms with Crippen LogP contribution in [0.1, 0.15) is 34.1 Å².